The lowest BCUT2D eigenvalue weighted by atomic mass is 10.1. The van der Waals surface area contributed by atoms with Crippen LogP contribution < -0.4 is 6.15 Å². The second-order valence-corrected chi connectivity index (χ2v) is 2.40. The van der Waals surface area contributed by atoms with Crippen molar-refractivity contribution in [3.8, 4) is 0 Å². The summed E-state index contributed by atoms with van der Waals surface area (Å²) in [6, 6.07) is 0. The van der Waals surface area contributed by atoms with Crippen molar-refractivity contribution in [2.75, 3.05) is 0 Å². The molecule has 11 heavy (non-hydrogen) atoms. The lowest BCUT2D eigenvalue weighted by Crippen LogP contribution is -1.79. The Hall–Kier alpha value is -0.820. The molecule has 0 bridgehead atoms. The molecule has 1 nitrogen and oxygen atoms in total. The smallest absolute Gasteiger partial charge is 0.0288 e. The predicted molar refractivity (Wildman–Crippen MR) is 53.0 cm³/mol. The van der Waals surface area contributed by atoms with Crippen LogP contribution >= 0.6 is 0 Å². The van der Waals surface area contributed by atoms with E-state index in [9.17, 15) is 0 Å². The predicted octanol–water partition coefficient (Wildman–Crippen LogP) is 3.64. The molecule has 0 saturated heterocycles. The zero-order chi connectivity index (χ0) is 7.82. The number of hydrogen-bond acceptors (Lipinski definition) is 1. The highest BCUT2D eigenvalue weighted by Crippen LogP contribution is 2.09. The minimum Gasteiger partial charge on any atom is -0.344 e. The van der Waals surface area contributed by atoms with Crippen molar-refractivity contribution in [3.63, 3.8) is 0 Å². The summed E-state index contributed by atoms with van der Waals surface area (Å²) >= 11 is 0. The van der Waals surface area contributed by atoms with Gasteiger partial charge < -0.3 is 6.15 Å². The van der Waals surface area contributed by atoms with Crippen LogP contribution in [0.2, 0.25) is 0 Å². The van der Waals surface area contributed by atoms with Gasteiger partial charge >= 0.3 is 0 Å². The summed E-state index contributed by atoms with van der Waals surface area (Å²) in [6.45, 7) is 11.2. The van der Waals surface area contributed by atoms with E-state index in [4.69, 9.17) is 0 Å². The molecule has 0 spiro atoms. The van der Waals surface area contributed by atoms with E-state index >= 15 is 0 Å². The highest BCUT2D eigenvalue weighted by Gasteiger charge is 1.89. The van der Waals surface area contributed by atoms with Gasteiger partial charge in [-0.1, -0.05) is 24.3 Å². The third-order valence-corrected chi connectivity index (χ3v) is 1.40. The first-order valence-electron chi connectivity index (χ1n) is 3.69. The molecule has 0 aliphatic carbocycles. The second kappa shape index (κ2) is 9.18. The first-order chi connectivity index (χ1) is 4.81. The van der Waals surface area contributed by atoms with Crippen molar-refractivity contribution in [1.29, 1.82) is 0 Å². The summed E-state index contributed by atoms with van der Waals surface area (Å²) in [7, 11) is 0. The molecule has 0 aromatic heterocycles. The first-order valence-corrected chi connectivity index (χ1v) is 3.69. The van der Waals surface area contributed by atoms with Gasteiger partial charge in [0.2, 0.25) is 0 Å². The van der Waals surface area contributed by atoms with E-state index in [0.717, 1.165) is 25.7 Å². The third-order valence-electron chi connectivity index (χ3n) is 1.40. The number of hydrogen-bond donors (Lipinski definition) is 1. The summed E-state index contributed by atoms with van der Waals surface area (Å²) in [4.78, 5) is 0. The first kappa shape index (κ1) is 12.8. The molecule has 64 valence electrons. The summed E-state index contributed by atoms with van der Waals surface area (Å²) < 4.78 is 0. The molecule has 0 unspecified atom stereocenters. The Balaban J connectivity index is 0. The van der Waals surface area contributed by atoms with E-state index in [0.29, 0.717) is 0 Å². The summed E-state index contributed by atoms with van der Waals surface area (Å²) in [5.74, 6) is 0. The molecule has 0 aliphatic rings. The molecule has 0 atom stereocenters. The Morgan fingerprint density at radius 3 is 1.64 bits per heavy atom. The van der Waals surface area contributed by atoms with Crippen molar-refractivity contribution in [3.05, 3.63) is 37.5 Å². The zero-order valence-electron chi connectivity index (χ0n) is 7.31. The largest absolute Gasteiger partial charge is 0.344 e. The molecule has 0 saturated carbocycles. The average Bonchev–Trinajstić information content (AvgIpc) is 1.97. The van der Waals surface area contributed by atoms with E-state index in [1.165, 1.54) is 5.57 Å². The number of rotatable bonds is 6. The van der Waals surface area contributed by atoms with Gasteiger partial charge in [-0.05, 0) is 25.7 Å². The summed E-state index contributed by atoms with van der Waals surface area (Å²) in [5, 5.41) is 0. The fourth-order valence-corrected chi connectivity index (χ4v) is 0.737. The van der Waals surface area contributed by atoms with Crippen molar-refractivity contribution < 1.29 is 0 Å². The van der Waals surface area contributed by atoms with Crippen LogP contribution in [0.5, 0.6) is 0 Å². The molecule has 0 rings (SSSR count). The van der Waals surface area contributed by atoms with E-state index in [2.05, 4.69) is 19.7 Å². The SMILES string of the molecule is C=CCCC(=C)CCC=C.N. The minimum absolute atomic E-state index is 0. The maximum absolute atomic E-state index is 3.93. The molecule has 1 heteroatoms. The van der Waals surface area contributed by atoms with Gasteiger partial charge in [0.15, 0.2) is 0 Å². The molecule has 0 radical (unpaired) electrons. The van der Waals surface area contributed by atoms with Gasteiger partial charge in [0.1, 0.15) is 0 Å². The third kappa shape index (κ3) is 9.18. The molecule has 0 fully saturated rings. The van der Waals surface area contributed by atoms with Crippen LogP contribution in [-0.2, 0) is 0 Å². The molecule has 0 aromatic rings. The van der Waals surface area contributed by atoms with E-state index < -0.39 is 0 Å². The molecule has 3 N–H and O–H groups in total. The van der Waals surface area contributed by atoms with Gasteiger partial charge in [0.05, 0.1) is 0 Å². The van der Waals surface area contributed by atoms with E-state index in [1.54, 1.807) is 0 Å². The standard InChI is InChI=1S/C10H16.H3N/c1-4-6-8-10(3)9-7-5-2;/h4-5H,1-3,6-9H2;1H3. The topological polar surface area (TPSA) is 35.0 Å². The van der Waals surface area contributed by atoms with Crippen molar-refractivity contribution in [1.82, 2.24) is 6.15 Å². The molecule has 0 amide bonds. The Labute approximate surface area is 70.1 Å². The summed E-state index contributed by atoms with van der Waals surface area (Å²) in [5.41, 5.74) is 1.31. The molecular formula is C10H19N. The molecular weight excluding hydrogens is 134 g/mol. The van der Waals surface area contributed by atoms with Crippen molar-refractivity contribution >= 4 is 0 Å². The van der Waals surface area contributed by atoms with Gasteiger partial charge in [0.25, 0.3) is 0 Å². The maximum Gasteiger partial charge on any atom is -0.0288 e. The van der Waals surface area contributed by atoms with Crippen molar-refractivity contribution in [2.24, 2.45) is 0 Å². The highest BCUT2D eigenvalue weighted by atomic mass is 14.0. The van der Waals surface area contributed by atoms with Gasteiger partial charge in [-0.3, -0.25) is 0 Å². The quantitative estimate of drug-likeness (QED) is 0.581. The fraction of sp³-hybridized carbons (Fsp3) is 0.400. The lowest BCUT2D eigenvalue weighted by Gasteiger charge is -1.99. The highest BCUT2D eigenvalue weighted by molar-refractivity contribution is 4.97. The van der Waals surface area contributed by atoms with Gasteiger partial charge in [-0.25, -0.2) is 0 Å². The van der Waals surface area contributed by atoms with E-state index in [1.807, 2.05) is 12.2 Å². The fourth-order valence-electron chi connectivity index (χ4n) is 0.737. The Bertz CT molecular complexity index is 111. The second-order valence-electron chi connectivity index (χ2n) is 2.40. The normalized spacial score (nSPS) is 8.00. The van der Waals surface area contributed by atoms with Crippen molar-refractivity contribution in [2.45, 2.75) is 25.7 Å². The molecule has 0 aromatic carbocycles. The maximum atomic E-state index is 3.93. The van der Waals surface area contributed by atoms with Crippen LogP contribution in [0.1, 0.15) is 25.7 Å². The lowest BCUT2D eigenvalue weighted by molar-refractivity contribution is 0.872. The van der Waals surface area contributed by atoms with Crippen LogP contribution in [0, 0.1) is 0 Å². The van der Waals surface area contributed by atoms with Crippen LogP contribution in [0.25, 0.3) is 0 Å². The van der Waals surface area contributed by atoms with Gasteiger partial charge in [-0.15, -0.1) is 13.2 Å². The monoisotopic (exact) mass is 153 g/mol. The van der Waals surface area contributed by atoms with Crippen LogP contribution in [0.4, 0.5) is 0 Å². The van der Waals surface area contributed by atoms with E-state index in [-0.39, 0.29) is 6.15 Å². The molecule has 0 aliphatic heterocycles. The van der Waals surface area contributed by atoms with Crippen LogP contribution in [-0.4, -0.2) is 0 Å². The number of allylic oxidation sites excluding steroid dienone is 3. The average molecular weight is 153 g/mol. The summed E-state index contributed by atoms with van der Waals surface area (Å²) in [6.07, 6.45) is 8.12. The zero-order valence-corrected chi connectivity index (χ0v) is 7.31. The van der Waals surface area contributed by atoms with Gasteiger partial charge in [-0.2, -0.15) is 0 Å². The Kier molecular flexibility index (Phi) is 10.7. The molecule has 0 heterocycles. The van der Waals surface area contributed by atoms with Gasteiger partial charge in [0, 0.05) is 0 Å². The van der Waals surface area contributed by atoms with Crippen LogP contribution in [0.15, 0.2) is 37.5 Å². The Morgan fingerprint density at radius 2 is 1.36 bits per heavy atom. The van der Waals surface area contributed by atoms with Crippen LogP contribution in [0.3, 0.4) is 0 Å². The minimum atomic E-state index is 0. The Morgan fingerprint density at radius 1 is 1.00 bits per heavy atom.